The van der Waals surface area contributed by atoms with Crippen molar-refractivity contribution >= 4 is 50.7 Å². The third-order valence-electron chi connectivity index (χ3n) is 5.93. The van der Waals surface area contributed by atoms with Crippen LogP contribution in [0.1, 0.15) is 38.8 Å². The quantitative estimate of drug-likeness (QED) is 0.340. The number of para-hydroxylation sites is 1. The zero-order valence-electron chi connectivity index (χ0n) is 22.6. The summed E-state index contributed by atoms with van der Waals surface area (Å²) in [5.74, 6) is -0.930. The van der Waals surface area contributed by atoms with Crippen LogP contribution in [0, 0.1) is 6.92 Å². The molecule has 3 aromatic carbocycles. The molecule has 39 heavy (non-hydrogen) atoms. The second-order valence-electron chi connectivity index (χ2n) is 10.3. The minimum absolute atomic E-state index is 0.0155. The first-order valence-electron chi connectivity index (χ1n) is 12.4. The lowest BCUT2D eigenvalue weighted by molar-refractivity contribution is -0.140. The van der Waals surface area contributed by atoms with Gasteiger partial charge >= 0.3 is 0 Å². The molecular formula is C29H33Cl2N3O4S. The van der Waals surface area contributed by atoms with Crippen molar-refractivity contribution in [2.75, 3.05) is 10.8 Å². The molecule has 1 N–H and O–H groups in total. The van der Waals surface area contributed by atoms with Gasteiger partial charge in [-0.1, -0.05) is 65.2 Å². The number of halogens is 2. The van der Waals surface area contributed by atoms with E-state index in [2.05, 4.69) is 5.32 Å². The molecule has 7 nitrogen and oxygen atoms in total. The number of hydrogen-bond donors (Lipinski definition) is 1. The SMILES string of the molecule is Cc1ccc(S(=O)(=O)N(CC(=O)N(Cc2ccc(Cl)c(Cl)c2)[C@H](C)C(=O)NC(C)(C)C)c2ccccc2)cc1. The fourth-order valence-electron chi connectivity index (χ4n) is 3.85. The van der Waals surface area contributed by atoms with E-state index in [0.29, 0.717) is 21.3 Å². The first-order chi connectivity index (χ1) is 18.2. The largest absolute Gasteiger partial charge is 0.350 e. The van der Waals surface area contributed by atoms with E-state index in [1.165, 1.54) is 17.0 Å². The highest BCUT2D eigenvalue weighted by Crippen LogP contribution is 2.26. The van der Waals surface area contributed by atoms with Gasteiger partial charge in [-0.2, -0.15) is 0 Å². The average molecular weight is 591 g/mol. The van der Waals surface area contributed by atoms with E-state index >= 15 is 0 Å². The highest BCUT2D eigenvalue weighted by atomic mass is 35.5. The molecule has 0 spiro atoms. The van der Waals surface area contributed by atoms with Crippen LogP contribution in [0.3, 0.4) is 0 Å². The van der Waals surface area contributed by atoms with Crippen LogP contribution >= 0.6 is 23.2 Å². The van der Waals surface area contributed by atoms with Crippen molar-refractivity contribution in [2.24, 2.45) is 0 Å². The Bertz CT molecular complexity index is 1420. The number of amides is 2. The summed E-state index contributed by atoms with van der Waals surface area (Å²) in [6.07, 6.45) is 0. The van der Waals surface area contributed by atoms with Crippen LogP contribution in [-0.2, 0) is 26.2 Å². The lowest BCUT2D eigenvalue weighted by atomic mass is 10.1. The standard InChI is InChI=1S/C29H33Cl2N3O4S/c1-20-11-14-24(15-12-20)39(37,38)34(23-9-7-6-8-10-23)19-27(35)33(21(2)28(36)32-29(3,4)5)18-22-13-16-25(30)26(31)17-22/h6-17,21H,18-19H2,1-5H3,(H,32,36)/t21-/m1/s1. The molecule has 0 unspecified atom stereocenters. The third-order valence-corrected chi connectivity index (χ3v) is 8.46. The molecule has 2 amide bonds. The van der Waals surface area contributed by atoms with Crippen LogP contribution in [0.15, 0.2) is 77.7 Å². The van der Waals surface area contributed by atoms with Crippen LogP contribution in [0.25, 0.3) is 0 Å². The minimum atomic E-state index is -4.11. The number of nitrogens with one attached hydrogen (secondary N) is 1. The van der Waals surface area contributed by atoms with Crippen LogP contribution in [0.5, 0.6) is 0 Å². The van der Waals surface area contributed by atoms with Gasteiger partial charge in [-0.25, -0.2) is 8.42 Å². The summed E-state index contributed by atoms with van der Waals surface area (Å²) >= 11 is 12.3. The summed E-state index contributed by atoms with van der Waals surface area (Å²) in [6, 6.07) is 18.9. The van der Waals surface area contributed by atoms with Gasteiger partial charge in [0.2, 0.25) is 11.8 Å². The highest BCUT2D eigenvalue weighted by molar-refractivity contribution is 7.92. The number of anilines is 1. The summed E-state index contributed by atoms with van der Waals surface area (Å²) in [5.41, 5.74) is 1.34. The van der Waals surface area contributed by atoms with E-state index in [4.69, 9.17) is 23.2 Å². The first-order valence-corrected chi connectivity index (χ1v) is 14.6. The van der Waals surface area contributed by atoms with Gasteiger partial charge in [0.05, 0.1) is 20.6 Å². The zero-order valence-corrected chi connectivity index (χ0v) is 24.9. The van der Waals surface area contributed by atoms with E-state index in [1.54, 1.807) is 67.6 Å². The molecule has 0 fully saturated rings. The Balaban J connectivity index is 2.02. The summed E-state index contributed by atoms with van der Waals surface area (Å²) in [6.45, 7) is 8.49. The van der Waals surface area contributed by atoms with Crippen LogP contribution in [0.2, 0.25) is 10.0 Å². The Hall–Kier alpha value is -3.07. The van der Waals surface area contributed by atoms with E-state index < -0.39 is 34.1 Å². The molecule has 0 radical (unpaired) electrons. The molecule has 3 aromatic rings. The van der Waals surface area contributed by atoms with Crippen molar-refractivity contribution in [3.8, 4) is 0 Å². The predicted molar refractivity (Wildman–Crippen MR) is 157 cm³/mol. The van der Waals surface area contributed by atoms with E-state index in [9.17, 15) is 18.0 Å². The number of nitrogens with zero attached hydrogens (tertiary/aromatic N) is 2. The topological polar surface area (TPSA) is 86.8 Å². The molecule has 0 heterocycles. The Morgan fingerprint density at radius 3 is 2.10 bits per heavy atom. The summed E-state index contributed by atoms with van der Waals surface area (Å²) in [5, 5.41) is 3.56. The Labute approximate surface area is 240 Å². The summed E-state index contributed by atoms with van der Waals surface area (Å²) < 4.78 is 28.6. The van der Waals surface area contributed by atoms with Gasteiger partial charge in [-0.05, 0) is 76.6 Å². The third kappa shape index (κ3) is 7.97. The number of benzene rings is 3. The van der Waals surface area contributed by atoms with Gasteiger partial charge in [0.15, 0.2) is 0 Å². The van der Waals surface area contributed by atoms with Crippen molar-refractivity contribution in [3.63, 3.8) is 0 Å². The molecule has 10 heteroatoms. The molecule has 3 rings (SSSR count). The monoisotopic (exact) mass is 589 g/mol. The average Bonchev–Trinajstić information content (AvgIpc) is 2.87. The van der Waals surface area contributed by atoms with Gasteiger partial charge < -0.3 is 10.2 Å². The number of carbonyl (C=O) groups excluding carboxylic acids is 2. The van der Waals surface area contributed by atoms with E-state index in [0.717, 1.165) is 9.87 Å². The zero-order chi connectivity index (χ0) is 29.0. The van der Waals surface area contributed by atoms with Gasteiger partial charge in [0, 0.05) is 12.1 Å². The molecule has 0 aromatic heterocycles. The van der Waals surface area contributed by atoms with Gasteiger partial charge in [0.1, 0.15) is 12.6 Å². The fourth-order valence-corrected chi connectivity index (χ4v) is 5.59. The normalized spacial score (nSPS) is 12.5. The summed E-state index contributed by atoms with van der Waals surface area (Å²) in [7, 11) is -4.11. The molecule has 0 saturated carbocycles. The molecule has 1 atom stereocenters. The molecule has 208 valence electrons. The number of hydrogen-bond acceptors (Lipinski definition) is 4. The van der Waals surface area contributed by atoms with Gasteiger partial charge in [0.25, 0.3) is 10.0 Å². The maximum atomic E-state index is 13.9. The lowest BCUT2D eigenvalue weighted by Crippen LogP contribution is -2.54. The number of aryl methyl sites for hydroxylation is 1. The van der Waals surface area contributed by atoms with Crippen molar-refractivity contribution in [3.05, 3.63) is 94.0 Å². The highest BCUT2D eigenvalue weighted by Gasteiger charge is 2.33. The molecule has 0 aliphatic carbocycles. The fraction of sp³-hybridized carbons (Fsp3) is 0.310. The summed E-state index contributed by atoms with van der Waals surface area (Å²) in [4.78, 5) is 28.4. The first kappa shape index (κ1) is 30.5. The van der Waals surface area contributed by atoms with Gasteiger partial charge in [-0.3, -0.25) is 13.9 Å². The smallest absolute Gasteiger partial charge is 0.264 e. The van der Waals surface area contributed by atoms with Crippen molar-refractivity contribution in [1.29, 1.82) is 0 Å². The van der Waals surface area contributed by atoms with E-state index in [1.807, 2.05) is 27.7 Å². The molecule has 0 aliphatic rings. The maximum absolute atomic E-state index is 13.9. The van der Waals surface area contributed by atoms with Crippen molar-refractivity contribution in [2.45, 2.75) is 57.6 Å². The van der Waals surface area contributed by atoms with Crippen LogP contribution < -0.4 is 9.62 Å². The predicted octanol–water partition coefficient (Wildman–Crippen LogP) is 5.83. The number of sulfonamides is 1. The lowest BCUT2D eigenvalue weighted by Gasteiger charge is -2.33. The number of rotatable bonds is 9. The second kappa shape index (κ2) is 12.4. The Morgan fingerprint density at radius 1 is 0.923 bits per heavy atom. The number of carbonyl (C=O) groups is 2. The Kier molecular flexibility index (Phi) is 9.69. The van der Waals surface area contributed by atoms with Crippen molar-refractivity contribution < 1.29 is 18.0 Å². The minimum Gasteiger partial charge on any atom is -0.350 e. The molecule has 0 saturated heterocycles. The van der Waals surface area contributed by atoms with Crippen LogP contribution in [0.4, 0.5) is 5.69 Å². The second-order valence-corrected chi connectivity index (χ2v) is 13.0. The van der Waals surface area contributed by atoms with E-state index in [-0.39, 0.29) is 17.3 Å². The molecule has 0 bridgehead atoms. The molecule has 0 aliphatic heterocycles. The maximum Gasteiger partial charge on any atom is 0.264 e. The Morgan fingerprint density at radius 2 is 1.54 bits per heavy atom. The molecular weight excluding hydrogens is 557 g/mol. The van der Waals surface area contributed by atoms with Crippen LogP contribution in [-0.4, -0.2) is 43.3 Å². The van der Waals surface area contributed by atoms with Crippen molar-refractivity contribution in [1.82, 2.24) is 10.2 Å². The van der Waals surface area contributed by atoms with Gasteiger partial charge in [-0.15, -0.1) is 0 Å².